The number of piperidine rings is 1. The van der Waals surface area contributed by atoms with Crippen LogP contribution in [0.3, 0.4) is 0 Å². The second kappa shape index (κ2) is 15.0. The summed E-state index contributed by atoms with van der Waals surface area (Å²) in [6.45, 7) is 14.5. The van der Waals surface area contributed by atoms with Crippen LogP contribution >= 0.6 is 0 Å². The van der Waals surface area contributed by atoms with E-state index < -0.39 is 6.09 Å². The Morgan fingerprint density at radius 1 is 0.867 bits per heavy atom. The Morgan fingerprint density at radius 2 is 1.60 bits per heavy atom. The number of hydrogen-bond acceptors (Lipinski definition) is 7. The Labute approximate surface area is 267 Å². The van der Waals surface area contributed by atoms with Crippen LogP contribution in [0.15, 0.2) is 66.9 Å². The van der Waals surface area contributed by atoms with Crippen molar-refractivity contribution in [2.24, 2.45) is 0 Å². The summed E-state index contributed by atoms with van der Waals surface area (Å²) in [5, 5.41) is 3.27. The predicted molar refractivity (Wildman–Crippen MR) is 181 cm³/mol. The maximum absolute atomic E-state index is 13.8. The molecule has 1 amide bonds. The Hall–Kier alpha value is -4.43. The summed E-state index contributed by atoms with van der Waals surface area (Å²) in [5.41, 5.74) is 6.98. The highest BCUT2D eigenvalue weighted by atomic mass is 16.6. The second-order valence-corrected chi connectivity index (χ2v) is 12.1. The zero-order valence-electron chi connectivity index (χ0n) is 27.2. The minimum Gasteiger partial charge on any atom is -0.494 e. The number of rotatable bonds is 11. The second-order valence-electron chi connectivity index (χ2n) is 12.1. The van der Waals surface area contributed by atoms with Crippen molar-refractivity contribution in [3.05, 3.63) is 100 Å². The molecule has 1 saturated heterocycles. The molecule has 0 radical (unpaired) electrons. The lowest BCUT2D eigenvalue weighted by atomic mass is 10.1. The minimum absolute atomic E-state index is 0.302. The van der Waals surface area contributed by atoms with Crippen molar-refractivity contribution in [3.8, 4) is 11.5 Å². The Kier molecular flexibility index (Phi) is 10.7. The van der Waals surface area contributed by atoms with Gasteiger partial charge >= 0.3 is 6.09 Å². The van der Waals surface area contributed by atoms with E-state index in [0.717, 1.165) is 57.8 Å². The summed E-state index contributed by atoms with van der Waals surface area (Å²) in [4.78, 5) is 27.1. The average molecular weight is 608 g/mol. The number of anilines is 3. The number of ether oxygens (including phenoxy) is 2. The predicted octanol–water partition coefficient (Wildman–Crippen LogP) is 8.22. The molecule has 1 N–H and O–H groups in total. The van der Waals surface area contributed by atoms with Crippen LogP contribution < -0.4 is 19.7 Å². The highest BCUT2D eigenvalue weighted by Crippen LogP contribution is 2.28. The van der Waals surface area contributed by atoms with Gasteiger partial charge in [0.25, 0.3) is 0 Å². The number of aromatic nitrogens is 2. The van der Waals surface area contributed by atoms with Crippen LogP contribution in [0.5, 0.6) is 11.5 Å². The van der Waals surface area contributed by atoms with E-state index in [2.05, 4.69) is 33.4 Å². The van der Waals surface area contributed by atoms with Crippen LogP contribution in [-0.2, 0) is 6.54 Å². The summed E-state index contributed by atoms with van der Waals surface area (Å²) in [5.74, 6) is 2.22. The molecule has 0 bridgehead atoms. The molecule has 2 heterocycles. The first-order valence-electron chi connectivity index (χ1n) is 15.9. The van der Waals surface area contributed by atoms with Crippen LogP contribution in [0.2, 0.25) is 0 Å². The third-order valence-electron chi connectivity index (χ3n) is 8.21. The smallest absolute Gasteiger partial charge is 0.421 e. The first-order chi connectivity index (χ1) is 21.7. The summed E-state index contributed by atoms with van der Waals surface area (Å²) >= 11 is 0. The van der Waals surface area contributed by atoms with E-state index in [4.69, 9.17) is 14.5 Å². The molecule has 4 aromatic rings. The molecule has 1 fully saturated rings. The molecule has 45 heavy (non-hydrogen) atoms. The van der Waals surface area contributed by atoms with E-state index in [0.29, 0.717) is 30.7 Å². The maximum atomic E-state index is 13.8. The fraction of sp³-hybridized carbons (Fsp3) is 0.378. The van der Waals surface area contributed by atoms with E-state index >= 15 is 0 Å². The van der Waals surface area contributed by atoms with Crippen molar-refractivity contribution in [2.45, 2.75) is 66.8 Å². The molecule has 0 atom stereocenters. The van der Waals surface area contributed by atoms with Gasteiger partial charge in [-0.15, -0.1) is 0 Å². The fourth-order valence-corrected chi connectivity index (χ4v) is 5.83. The number of hydrogen-bond donors (Lipinski definition) is 1. The molecule has 0 unspecified atom stereocenters. The average Bonchev–Trinajstić information content (AvgIpc) is 3.03. The van der Waals surface area contributed by atoms with Gasteiger partial charge in [-0.05, 0) is 120 Å². The van der Waals surface area contributed by atoms with Gasteiger partial charge in [0.1, 0.15) is 17.3 Å². The monoisotopic (exact) mass is 607 g/mol. The van der Waals surface area contributed by atoms with Crippen LogP contribution in [-0.4, -0.2) is 47.2 Å². The Balaban J connectivity index is 1.29. The number of nitrogens with zero attached hydrogens (tertiary/aromatic N) is 4. The largest absolute Gasteiger partial charge is 0.494 e. The normalized spacial score (nSPS) is 13.4. The Morgan fingerprint density at radius 3 is 2.33 bits per heavy atom. The number of aryl methyl sites for hydroxylation is 5. The molecule has 3 aromatic carbocycles. The van der Waals surface area contributed by atoms with Gasteiger partial charge in [0.15, 0.2) is 0 Å². The van der Waals surface area contributed by atoms with Gasteiger partial charge in [-0.3, -0.25) is 4.90 Å². The van der Waals surface area contributed by atoms with Crippen molar-refractivity contribution in [1.29, 1.82) is 0 Å². The van der Waals surface area contributed by atoms with Gasteiger partial charge in [0, 0.05) is 18.4 Å². The van der Waals surface area contributed by atoms with Crippen molar-refractivity contribution < 1.29 is 14.3 Å². The van der Waals surface area contributed by atoms with E-state index in [-0.39, 0.29) is 0 Å². The lowest BCUT2D eigenvalue weighted by molar-refractivity contribution is 0.205. The zero-order chi connectivity index (χ0) is 31.8. The molecule has 8 nitrogen and oxygen atoms in total. The molecule has 5 rings (SSSR count). The number of nitrogens with one attached hydrogen (secondary N) is 1. The molecule has 0 saturated carbocycles. The molecule has 1 aliphatic heterocycles. The Bertz CT molecular complexity index is 1580. The van der Waals surface area contributed by atoms with Crippen molar-refractivity contribution >= 4 is 23.5 Å². The first-order valence-corrected chi connectivity index (χ1v) is 15.9. The van der Waals surface area contributed by atoms with E-state index in [9.17, 15) is 4.79 Å². The van der Waals surface area contributed by atoms with Gasteiger partial charge in [-0.1, -0.05) is 47.9 Å². The number of amides is 1. The van der Waals surface area contributed by atoms with Crippen LogP contribution in [0.1, 0.15) is 59.1 Å². The van der Waals surface area contributed by atoms with E-state index in [1.165, 1.54) is 32.4 Å². The van der Waals surface area contributed by atoms with Crippen molar-refractivity contribution in [3.63, 3.8) is 0 Å². The highest BCUT2D eigenvalue weighted by Gasteiger charge is 2.23. The SMILES string of the molecule is Cc1cc(C)c(OC(=O)N(Cc2cc(C)ccc2C)c2ccnc(Nc3ccc(OCCCN4CCCCC4)cc3)n2)c(C)c1. The third-order valence-corrected chi connectivity index (χ3v) is 8.21. The summed E-state index contributed by atoms with van der Waals surface area (Å²) in [6, 6.07) is 19.8. The van der Waals surface area contributed by atoms with Crippen LogP contribution in [0, 0.1) is 34.6 Å². The standard InChI is InChI=1S/C37H45N5O3/c1-26-10-11-28(3)31(24-26)25-42(37(43)45-35-29(4)22-27(2)23-30(35)5)34-16-17-38-36(40-34)39-32-12-14-33(15-13-32)44-21-9-20-41-18-7-6-8-19-41/h10-17,22-24H,6-9,18-21,25H2,1-5H3,(H,38,39,40). The van der Waals surface area contributed by atoms with E-state index in [1.54, 1.807) is 17.2 Å². The van der Waals surface area contributed by atoms with Crippen molar-refractivity contribution in [1.82, 2.24) is 14.9 Å². The highest BCUT2D eigenvalue weighted by molar-refractivity contribution is 5.88. The van der Waals surface area contributed by atoms with Gasteiger partial charge < -0.3 is 19.7 Å². The number of carbonyl (C=O) groups is 1. The molecule has 0 spiro atoms. The molecule has 236 valence electrons. The van der Waals surface area contributed by atoms with Crippen LogP contribution in [0.4, 0.5) is 22.2 Å². The van der Waals surface area contributed by atoms with Crippen molar-refractivity contribution in [2.75, 3.05) is 36.5 Å². The lowest BCUT2D eigenvalue weighted by Crippen LogP contribution is -2.34. The molecule has 1 aromatic heterocycles. The molecule has 8 heteroatoms. The number of likely N-dealkylation sites (tertiary alicyclic amines) is 1. The lowest BCUT2D eigenvalue weighted by Gasteiger charge is -2.26. The minimum atomic E-state index is -0.502. The maximum Gasteiger partial charge on any atom is 0.421 e. The molecular weight excluding hydrogens is 562 g/mol. The summed E-state index contributed by atoms with van der Waals surface area (Å²) in [6.07, 6.45) is 6.14. The van der Waals surface area contributed by atoms with E-state index in [1.807, 2.05) is 71.0 Å². The molecule has 1 aliphatic rings. The number of benzene rings is 3. The molecular formula is C37H45N5O3. The summed E-state index contributed by atoms with van der Waals surface area (Å²) < 4.78 is 12.0. The fourth-order valence-electron chi connectivity index (χ4n) is 5.83. The molecule has 0 aliphatic carbocycles. The number of carbonyl (C=O) groups excluding carboxylic acids is 1. The van der Waals surface area contributed by atoms with Gasteiger partial charge in [0.05, 0.1) is 13.2 Å². The topological polar surface area (TPSA) is 79.8 Å². The third kappa shape index (κ3) is 8.82. The first kappa shape index (κ1) is 32.0. The van der Waals surface area contributed by atoms with Crippen LogP contribution in [0.25, 0.3) is 0 Å². The van der Waals surface area contributed by atoms with Gasteiger partial charge in [-0.2, -0.15) is 4.98 Å². The summed E-state index contributed by atoms with van der Waals surface area (Å²) in [7, 11) is 0. The van der Waals surface area contributed by atoms with Gasteiger partial charge in [-0.25, -0.2) is 9.78 Å². The van der Waals surface area contributed by atoms with Gasteiger partial charge in [0.2, 0.25) is 5.95 Å². The quantitative estimate of drug-likeness (QED) is 0.172. The zero-order valence-corrected chi connectivity index (χ0v) is 27.2.